The molecule has 0 atom stereocenters. The van der Waals surface area contributed by atoms with Gasteiger partial charge in [-0.25, -0.2) is 4.98 Å². The average Bonchev–Trinajstić information content (AvgIpc) is 2.28. The molecule has 1 heterocycles. The van der Waals surface area contributed by atoms with Gasteiger partial charge in [-0.1, -0.05) is 11.6 Å². The first-order valence-electron chi connectivity index (χ1n) is 4.86. The van der Waals surface area contributed by atoms with Crippen molar-refractivity contribution in [3.05, 3.63) is 37.1 Å². The lowest BCUT2D eigenvalue weighted by atomic mass is 10.1. The smallest absolute Gasteiger partial charge is 0.379 e. The SMILES string of the molecule is Nc1nc2cc(C(F)(F)F)c(Cl)c([N+](=O)[O-])c2[nH]c1=O. The summed E-state index contributed by atoms with van der Waals surface area (Å²) in [6, 6.07) is 0.483. The summed E-state index contributed by atoms with van der Waals surface area (Å²) in [5, 5.41) is 9.76. The molecule has 0 saturated carbocycles. The third-order valence-electron chi connectivity index (χ3n) is 2.42. The number of alkyl halides is 3. The van der Waals surface area contributed by atoms with Crippen molar-refractivity contribution >= 4 is 34.1 Å². The van der Waals surface area contributed by atoms with Gasteiger partial charge < -0.3 is 10.7 Å². The molecule has 1 aromatic carbocycles. The van der Waals surface area contributed by atoms with Crippen LogP contribution in [0.3, 0.4) is 0 Å². The fraction of sp³-hybridized carbons (Fsp3) is 0.111. The molecular weight excluding hydrogens is 305 g/mol. The van der Waals surface area contributed by atoms with Gasteiger partial charge in [-0.2, -0.15) is 13.2 Å². The predicted molar refractivity (Wildman–Crippen MR) is 63.4 cm³/mol. The van der Waals surface area contributed by atoms with Gasteiger partial charge in [0.05, 0.1) is 16.0 Å². The van der Waals surface area contributed by atoms with Crippen LogP contribution in [0.1, 0.15) is 5.56 Å². The number of nitrogens with two attached hydrogens (primary N) is 1. The molecule has 0 aliphatic carbocycles. The first kappa shape index (κ1) is 14.1. The molecule has 106 valence electrons. The molecule has 0 amide bonds. The second kappa shape index (κ2) is 4.34. The van der Waals surface area contributed by atoms with Crippen molar-refractivity contribution in [3.63, 3.8) is 0 Å². The Labute approximate surface area is 112 Å². The van der Waals surface area contributed by atoms with Crippen molar-refractivity contribution in [1.29, 1.82) is 0 Å². The van der Waals surface area contributed by atoms with Crippen LogP contribution in [0.2, 0.25) is 5.02 Å². The minimum atomic E-state index is -4.91. The van der Waals surface area contributed by atoms with Crippen molar-refractivity contribution in [3.8, 4) is 0 Å². The lowest BCUT2D eigenvalue weighted by Crippen LogP contribution is -2.16. The van der Waals surface area contributed by atoms with Gasteiger partial charge in [-0.05, 0) is 6.07 Å². The second-order valence-corrected chi connectivity index (χ2v) is 4.06. The highest BCUT2D eigenvalue weighted by molar-refractivity contribution is 6.34. The number of hydrogen-bond donors (Lipinski definition) is 2. The number of hydrogen-bond acceptors (Lipinski definition) is 5. The van der Waals surface area contributed by atoms with Crippen molar-refractivity contribution in [2.45, 2.75) is 6.18 Å². The summed E-state index contributed by atoms with van der Waals surface area (Å²) < 4.78 is 38.3. The van der Waals surface area contributed by atoms with E-state index in [2.05, 4.69) is 4.98 Å². The summed E-state index contributed by atoms with van der Waals surface area (Å²) in [7, 11) is 0. The minimum Gasteiger partial charge on any atom is -0.379 e. The summed E-state index contributed by atoms with van der Waals surface area (Å²) in [4.78, 5) is 26.4. The summed E-state index contributed by atoms with van der Waals surface area (Å²) in [6.07, 6.45) is -4.91. The van der Waals surface area contributed by atoms with Crippen molar-refractivity contribution < 1.29 is 18.1 Å². The molecule has 11 heteroatoms. The molecule has 0 bridgehead atoms. The van der Waals surface area contributed by atoms with Gasteiger partial charge >= 0.3 is 11.9 Å². The maximum absolute atomic E-state index is 12.8. The van der Waals surface area contributed by atoms with Gasteiger partial charge in [-0.3, -0.25) is 14.9 Å². The van der Waals surface area contributed by atoms with Gasteiger partial charge in [-0.15, -0.1) is 0 Å². The Hall–Kier alpha value is -2.36. The highest BCUT2D eigenvalue weighted by Gasteiger charge is 2.38. The number of anilines is 1. The minimum absolute atomic E-state index is 0.481. The highest BCUT2D eigenvalue weighted by Crippen LogP contribution is 2.42. The first-order chi connectivity index (χ1) is 9.12. The third kappa shape index (κ3) is 2.13. The van der Waals surface area contributed by atoms with Crippen molar-refractivity contribution in [2.24, 2.45) is 0 Å². The Morgan fingerprint density at radius 3 is 2.55 bits per heavy atom. The zero-order chi connectivity index (χ0) is 15.2. The Balaban J connectivity index is 3.03. The van der Waals surface area contributed by atoms with E-state index in [9.17, 15) is 28.1 Å². The van der Waals surface area contributed by atoms with Crippen LogP contribution < -0.4 is 11.3 Å². The number of nitro groups is 1. The van der Waals surface area contributed by atoms with E-state index in [-0.39, 0.29) is 0 Å². The van der Waals surface area contributed by atoms with Crippen LogP contribution in [0.25, 0.3) is 11.0 Å². The van der Waals surface area contributed by atoms with Crippen LogP contribution in [0.4, 0.5) is 24.7 Å². The number of nitrogens with one attached hydrogen (secondary N) is 1. The summed E-state index contributed by atoms with van der Waals surface area (Å²) >= 11 is 5.42. The molecule has 0 aliphatic heterocycles. The van der Waals surface area contributed by atoms with Gasteiger partial charge in [0.2, 0.25) is 0 Å². The third-order valence-corrected chi connectivity index (χ3v) is 2.80. The molecule has 7 nitrogen and oxygen atoms in total. The molecule has 0 saturated heterocycles. The Morgan fingerprint density at radius 2 is 2.05 bits per heavy atom. The molecule has 20 heavy (non-hydrogen) atoms. The molecule has 1 aromatic heterocycles. The van der Waals surface area contributed by atoms with E-state index in [4.69, 9.17) is 17.3 Å². The average molecular weight is 309 g/mol. The van der Waals surface area contributed by atoms with E-state index in [0.29, 0.717) is 6.07 Å². The Bertz CT molecular complexity index is 787. The summed E-state index contributed by atoms with van der Waals surface area (Å²) in [6.45, 7) is 0. The topological polar surface area (TPSA) is 115 Å². The van der Waals surface area contributed by atoms with E-state index < -0.39 is 49.8 Å². The number of halogens is 4. The fourth-order valence-corrected chi connectivity index (χ4v) is 1.90. The van der Waals surface area contributed by atoms with E-state index in [1.807, 2.05) is 4.98 Å². The summed E-state index contributed by atoms with van der Waals surface area (Å²) in [5.74, 6) is -0.609. The van der Waals surface area contributed by atoms with Crippen LogP contribution in [-0.2, 0) is 6.18 Å². The Morgan fingerprint density at radius 1 is 1.45 bits per heavy atom. The Kier molecular flexibility index (Phi) is 3.05. The van der Waals surface area contributed by atoms with Crippen molar-refractivity contribution in [1.82, 2.24) is 9.97 Å². The van der Waals surface area contributed by atoms with Crippen LogP contribution in [-0.4, -0.2) is 14.9 Å². The predicted octanol–water partition coefficient (Wildman–Crippen LogP) is 2.09. The molecule has 0 unspecified atom stereocenters. The van der Waals surface area contributed by atoms with Crippen LogP contribution >= 0.6 is 11.6 Å². The van der Waals surface area contributed by atoms with Crippen LogP contribution in [0, 0.1) is 10.1 Å². The number of fused-ring (bicyclic) bond motifs is 1. The molecule has 0 aliphatic rings. The molecule has 3 N–H and O–H groups in total. The second-order valence-electron chi connectivity index (χ2n) is 3.69. The molecule has 0 fully saturated rings. The zero-order valence-corrected chi connectivity index (χ0v) is 10.0. The largest absolute Gasteiger partial charge is 0.418 e. The van der Waals surface area contributed by atoms with E-state index in [1.54, 1.807) is 0 Å². The monoisotopic (exact) mass is 308 g/mol. The van der Waals surface area contributed by atoms with Crippen molar-refractivity contribution in [2.75, 3.05) is 5.73 Å². The number of benzene rings is 1. The number of aromatic amines is 1. The highest BCUT2D eigenvalue weighted by atomic mass is 35.5. The molecule has 2 rings (SSSR count). The van der Waals surface area contributed by atoms with E-state index >= 15 is 0 Å². The number of rotatable bonds is 1. The lowest BCUT2D eigenvalue weighted by Gasteiger charge is -2.10. The van der Waals surface area contributed by atoms with E-state index in [0.717, 1.165) is 0 Å². The number of nitrogens with zero attached hydrogens (tertiary/aromatic N) is 2. The first-order valence-corrected chi connectivity index (χ1v) is 5.24. The number of H-pyrrole nitrogens is 1. The van der Waals surface area contributed by atoms with Crippen LogP contribution in [0.15, 0.2) is 10.9 Å². The standard InChI is InChI=1S/C9H4ClF3N4O3/c10-4-2(9(11,12)13)1-3-5(6(4)17(19)20)16-8(18)7(14)15-3/h1H,(H2,14,15)(H,16,18). The molecular formula is C9H4ClF3N4O3. The van der Waals surface area contributed by atoms with Gasteiger partial charge in [0, 0.05) is 0 Å². The number of nitro benzene ring substituents is 1. The maximum Gasteiger partial charge on any atom is 0.418 e. The van der Waals surface area contributed by atoms with Crippen LogP contribution in [0.5, 0.6) is 0 Å². The zero-order valence-electron chi connectivity index (χ0n) is 9.29. The van der Waals surface area contributed by atoms with Gasteiger partial charge in [0.1, 0.15) is 10.5 Å². The number of aromatic nitrogens is 2. The van der Waals surface area contributed by atoms with E-state index in [1.165, 1.54) is 0 Å². The normalized spacial score (nSPS) is 11.8. The summed E-state index contributed by atoms with van der Waals surface area (Å²) in [5.41, 5.74) is 0.691. The van der Waals surface area contributed by atoms with Gasteiger partial charge in [0.15, 0.2) is 5.82 Å². The molecule has 0 spiro atoms. The molecule has 0 radical (unpaired) electrons. The van der Waals surface area contributed by atoms with Gasteiger partial charge in [0.25, 0.3) is 5.56 Å². The fourth-order valence-electron chi connectivity index (χ4n) is 1.58. The number of nitrogen functional groups attached to an aromatic ring is 1. The quantitative estimate of drug-likeness (QED) is 0.618. The maximum atomic E-state index is 12.8. The molecule has 2 aromatic rings. The lowest BCUT2D eigenvalue weighted by molar-refractivity contribution is -0.383.